The molecule has 2 saturated heterocycles. The molecule has 0 radical (unpaired) electrons. The molecule has 1 unspecified atom stereocenters. The number of rotatable bonds is 5. The number of nitrogens with one attached hydrogen (secondary N) is 2. The van der Waals surface area contributed by atoms with Crippen LogP contribution in [0.2, 0.25) is 0 Å². The molecule has 1 atom stereocenters. The minimum Gasteiger partial charge on any atom is -0.368 e. The second-order valence-electron chi connectivity index (χ2n) is 8.35. The minimum atomic E-state index is -0.604. The number of nitrogens with zero attached hydrogens (tertiary/aromatic N) is 3. The van der Waals surface area contributed by atoms with Gasteiger partial charge in [-0.1, -0.05) is 43.3 Å². The Morgan fingerprint density at radius 2 is 1.73 bits per heavy atom. The number of amides is 2. The molecule has 2 aliphatic rings. The first-order valence-corrected chi connectivity index (χ1v) is 12.0. The van der Waals surface area contributed by atoms with Crippen LogP contribution in [0.4, 0.5) is 11.4 Å². The molecule has 7 nitrogen and oxygen atoms in total. The lowest BCUT2D eigenvalue weighted by Gasteiger charge is -2.39. The van der Waals surface area contributed by atoms with E-state index in [9.17, 15) is 9.59 Å². The number of para-hydroxylation sites is 2. The number of carbonyl (C=O) groups excluding carboxylic acids is 2. The summed E-state index contributed by atoms with van der Waals surface area (Å²) in [5.74, 6) is -0.156. The van der Waals surface area contributed by atoms with Crippen molar-refractivity contribution in [2.45, 2.75) is 25.8 Å². The molecule has 174 valence electrons. The van der Waals surface area contributed by atoms with E-state index in [2.05, 4.69) is 40.7 Å². The molecule has 0 saturated carbocycles. The topological polar surface area (TPSA) is 67.9 Å². The maximum Gasteiger partial charge on any atom is 0.243 e. The summed E-state index contributed by atoms with van der Waals surface area (Å²) in [6.07, 6.45) is 0.998. The van der Waals surface area contributed by atoms with Crippen LogP contribution >= 0.6 is 12.2 Å². The summed E-state index contributed by atoms with van der Waals surface area (Å²) >= 11 is 5.68. The molecule has 33 heavy (non-hydrogen) atoms. The van der Waals surface area contributed by atoms with Gasteiger partial charge in [0.05, 0.1) is 6.42 Å². The highest BCUT2D eigenvalue weighted by Crippen LogP contribution is 2.20. The zero-order valence-corrected chi connectivity index (χ0v) is 19.8. The van der Waals surface area contributed by atoms with Gasteiger partial charge in [0.25, 0.3) is 0 Å². The second-order valence-corrected chi connectivity index (χ2v) is 8.74. The highest BCUT2D eigenvalue weighted by atomic mass is 32.1. The summed E-state index contributed by atoms with van der Waals surface area (Å²) < 4.78 is 0. The van der Waals surface area contributed by atoms with Gasteiger partial charge in [0.15, 0.2) is 5.11 Å². The number of benzene rings is 2. The largest absolute Gasteiger partial charge is 0.368 e. The Balaban J connectivity index is 1.38. The van der Waals surface area contributed by atoms with E-state index in [1.54, 1.807) is 0 Å². The molecule has 2 aromatic rings. The Kier molecular flexibility index (Phi) is 7.44. The van der Waals surface area contributed by atoms with Crippen molar-refractivity contribution in [3.8, 4) is 0 Å². The standard InChI is InChI=1S/C25H31N5O2S/c1-2-19-8-6-7-11-21(19)27-25(33)30-13-12-26-24(32)22(30)18-23(31)29-16-14-28(15-17-29)20-9-4-3-5-10-20/h3-11,22H,2,12-18H2,1H3,(H,26,32)(H,27,33). The lowest BCUT2D eigenvalue weighted by molar-refractivity contribution is -0.137. The molecule has 0 aromatic heterocycles. The van der Waals surface area contributed by atoms with E-state index >= 15 is 0 Å². The summed E-state index contributed by atoms with van der Waals surface area (Å²) in [5, 5.41) is 6.68. The van der Waals surface area contributed by atoms with Gasteiger partial charge in [0.2, 0.25) is 11.8 Å². The molecule has 2 heterocycles. The molecule has 2 N–H and O–H groups in total. The molecule has 2 aliphatic heterocycles. The lowest BCUT2D eigenvalue weighted by Crippen LogP contribution is -2.60. The first-order chi connectivity index (χ1) is 16.1. The molecule has 0 spiro atoms. The predicted octanol–water partition coefficient (Wildman–Crippen LogP) is 2.49. The van der Waals surface area contributed by atoms with Crippen LogP contribution in [-0.2, 0) is 16.0 Å². The van der Waals surface area contributed by atoms with Crippen molar-refractivity contribution in [3.05, 3.63) is 60.2 Å². The monoisotopic (exact) mass is 465 g/mol. The Bertz CT molecular complexity index is 991. The lowest BCUT2D eigenvalue weighted by atomic mass is 10.1. The zero-order chi connectivity index (χ0) is 23.2. The van der Waals surface area contributed by atoms with Gasteiger partial charge in [-0.25, -0.2) is 0 Å². The third-order valence-corrected chi connectivity index (χ3v) is 6.69. The van der Waals surface area contributed by atoms with E-state index in [0.29, 0.717) is 31.3 Å². The molecule has 2 amide bonds. The van der Waals surface area contributed by atoms with Crippen LogP contribution in [-0.4, -0.2) is 72.0 Å². The van der Waals surface area contributed by atoms with Gasteiger partial charge in [0.1, 0.15) is 6.04 Å². The van der Waals surface area contributed by atoms with Crippen LogP contribution in [0.5, 0.6) is 0 Å². The maximum absolute atomic E-state index is 13.1. The average molecular weight is 466 g/mol. The second kappa shape index (κ2) is 10.7. The van der Waals surface area contributed by atoms with Crippen molar-refractivity contribution in [3.63, 3.8) is 0 Å². The van der Waals surface area contributed by atoms with Crippen LogP contribution in [0, 0.1) is 0 Å². The van der Waals surface area contributed by atoms with Crippen LogP contribution in [0.3, 0.4) is 0 Å². The summed E-state index contributed by atoms with van der Waals surface area (Å²) in [4.78, 5) is 31.8. The molecule has 0 aliphatic carbocycles. The average Bonchev–Trinajstić information content (AvgIpc) is 2.86. The molecule has 8 heteroatoms. The number of carbonyl (C=O) groups is 2. The van der Waals surface area contributed by atoms with Gasteiger partial charge in [-0.2, -0.15) is 0 Å². The molecule has 2 fully saturated rings. The summed E-state index contributed by atoms with van der Waals surface area (Å²) in [5.41, 5.74) is 3.27. The fourth-order valence-corrected chi connectivity index (χ4v) is 4.77. The van der Waals surface area contributed by atoms with Crippen LogP contribution in [0.1, 0.15) is 18.9 Å². The molecule has 2 aromatic carbocycles. The molecule has 4 rings (SSSR count). The molecular formula is C25H31N5O2S. The Morgan fingerprint density at radius 1 is 1.03 bits per heavy atom. The summed E-state index contributed by atoms with van der Waals surface area (Å²) in [7, 11) is 0. The number of anilines is 2. The molecule has 0 bridgehead atoms. The SMILES string of the molecule is CCc1ccccc1NC(=S)N1CCNC(=O)C1CC(=O)N1CCN(c2ccccc2)CC1. The van der Waals surface area contributed by atoms with Crippen LogP contribution in [0.15, 0.2) is 54.6 Å². The van der Waals surface area contributed by atoms with E-state index in [1.165, 1.54) is 5.69 Å². The van der Waals surface area contributed by atoms with Crippen LogP contribution in [0.25, 0.3) is 0 Å². The van der Waals surface area contributed by atoms with Crippen molar-refractivity contribution in [2.24, 2.45) is 0 Å². The van der Waals surface area contributed by atoms with Gasteiger partial charge >= 0.3 is 0 Å². The summed E-state index contributed by atoms with van der Waals surface area (Å²) in [6.45, 7) is 6.04. The third kappa shape index (κ3) is 5.45. The fraction of sp³-hybridized carbons (Fsp3) is 0.400. The predicted molar refractivity (Wildman–Crippen MR) is 135 cm³/mol. The number of hydrogen-bond acceptors (Lipinski definition) is 4. The number of hydrogen-bond donors (Lipinski definition) is 2. The number of piperazine rings is 2. The molecular weight excluding hydrogens is 434 g/mol. The van der Waals surface area contributed by atoms with Crippen molar-refractivity contribution in [1.82, 2.24) is 15.1 Å². The highest BCUT2D eigenvalue weighted by molar-refractivity contribution is 7.80. The highest BCUT2D eigenvalue weighted by Gasteiger charge is 2.35. The van der Waals surface area contributed by atoms with Crippen molar-refractivity contribution in [2.75, 3.05) is 49.5 Å². The first kappa shape index (κ1) is 23.0. The zero-order valence-electron chi connectivity index (χ0n) is 19.0. The van der Waals surface area contributed by atoms with Gasteiger partial charge in [-0.15, -0.1) is 0 Å². The number of aryl methyl sites for hydroxylation is 1. The Morgan fingerprint density at radius 3 is 2.45 bits per heavy atom. The number of thiocarbonyl (C=S) groups is 1. The van der Waals surface area contributed by atoms with E-state index in [-0.39, 0.29) is 18.2 Å². The Labute approximate surface area is 200 Å². The summed E-state index contributed by atoms with van der Waals surface area (Å²) in [6, 6.07) is 17.6. The normalized spacial score (nSPS) is 18.6. The minimum absolute atomic E-state index is 0.00785. The smallest absolute Gasteiger partial charge is 0.243 e. The van der Waals surface area contributed by atoms with E-state index < -0.39 is 6.04 Å². The first-order valence-electron chi connectivity index (χ1n) is 11.6. The van der Waals surface area contributed by atoms with Crippen molar-refractivity contribution >= 4 is 40.5 Å². The van der Waals surface area contributed by atoms with E-state index in [0.717, 1.165) is 30.8 Å². The third-order valence-electron chi connectivity index (χ3n) is 6.35. The van der Waals surface area contributed by atoms with E-state index in [4.69, 9.17) is 12.2 Å². The van der Waals surface area contributed by atoms with E-state index in [1.807, 2.05) is 46.2 Å². The van der Waals surface area contributed by atoms with Crippen LogP contribution < -0.4 is 15.5 Å². The van der Waals surface area contributed by atoms with Gasteiger partial charge in [0, 0.05) is 50.6 Å². The quantitative estimate of drug-likeness (QED) is 0.662. The maximum atomic E-state index is 13.1. The van der Waals surface area contributed by atoms with Gasteiger partial charge in [-0.3, -0.25) is 9.59 Å². The van der Waals surface area contributed by atoms with Crippen molar-refractivity contribution in [1.29, 1.82) is 0 Å². The van der Waals surface area contributed by atoms with Gasteiger partial charge in [-0.05, 0) is 42.4 Å². The van der Waals surface area contributed by atoms with Crippen molar-refractivity contribution < 1.29 is 9.59 Å². The Hall–Kier alpha value is -3.13. The fourth-order valence-electron chi connectivity index (χ4n) is 4.45. The van der Waals surface area contributed by atoms with Gasteiger partial charge < -0.3 is 25.3 Å².